The molecule has 4 aromatic rings. The van der Waals surface area contributed by atoms with E-state index in [1.807, 2.05) is 0 Å². The summed E-state index contributed by atoms with van der Waals surface area (Å²) >= 11 is 0.546. The van der Waals surface area contributed by atoms with Gasteiger partial charge in [-0.05, 0) is 0 Å². The third kappa shape index (κ3) is 2.71. The molecular weight excluding hydrogens is 425 g/mol. The first-order valence-electron chi connectivity index (χ1n) is 9.00. The standard InChI is InChI=1S/C24H18GeS2/c1-3-7-21(8-4-1)25(22-9-5-2-6-10-22)23(19-13-15-26-17-19)11-12-24(25)20-14-16-27-18-20/h1-18H. The van der Waals surface area contributed by atoms with Gasteiger partial charge in [-0.15, -0.1) is 0 Å². The molecular formula is C24H18GeS2. The number of thiophene rings is 2. The normalized spacial score (nSPS) is 15.4. The molecule has 0 atom stereocenters. The first-order valence-corrected chi connectivity index (χ1v) is 15.1. The summed E-state index contributed by atoms with van der Waals surface area (Å²) in [7, 11) is 0. The van der Waals surface area contributed by atoms with Gasteiger partial charge in [0, 0.05) is 0 Å². The summed E-state index contributed by atoms with van der Waals surface area (Å²) in [6.45, 7) is 0. The Morgan fingerprint density at radius 2 is 0.963 bits per heavy atom. The summed E-state index contributed by atoms with van der Waals surface area (Å²) in [4.78, 5) is 0. The Balaban J connectivity index is 1.86. The number of allylic oxidation sites excluding steroid dienone is 2. The van der Waals surface area contributed by atoms with E-state index in [1.54, 1.807) is 22.7 Å². The average molecular weight is 443 g/mol. The summed E-state index contributed by atoms with van der Waals surface area (Å²) in [6.07, 6.45) is 4.80. The average Bonchev–Trinajstić information content (AvgIpc) is 3.49. The Bertz CT molecular complexity index is 998. The van der Waals surface area contributed by atoms with Gasteiger partial charge >= 0.3 is 171 Å². The zero-order valence-electron chi connectivity index (χ0n) is 14.7. The van der Waals surface area contributed by atoms with Crippen LogP contribution in [0.15, 0.2) is 106 Å². The minimum absolute atomic E-state index is 1.38. The second-order valence-corrected chi connectivity index (χ2v) is 16.1. The number of rotatable bonds is 4. The van der Waals surface area contributed by atoms with Gasteiger partial charge in [-0.3, -0.25) is 0 Å². The van der Waals surface area contributed by atoms with Crippen molar-refractivity contribution >= 4 is 53.5 Å². The van der Waals surface area contributed by atoms with E-state index in [-0.39, 0.29) is 0 Å². The van der Waals surface area contributed by atoms with E-state index in [1.165, 1.54) is 28.7 Å². The van der Waals surface area contributed by atoms with Gasteiger partial charge in [-0.25, -0.2) is 0 Å². The fraction of sp³-hybridized carbons (Fsp3) is 0. The fourth-order valence-electron chi connectivity index (χ4n) is 4.19. The zero-order valence-corrected chi connectivity index (χ0v) is 18.4. The topological polar surface area (TPSA) is 0 Å². The maximum absolute atomic E-state index is 3.02. The van der Waals surface area contributed by atoms with Crippen LogP contribution in [0.4, 0.5) is 0 Å². The molecule has 2 aromatic carbocycles. The van der Waals surface area contributed by atoms with Crippen LogP contribution in [-0.2, 0) is 0 Å². The third-order valence-corrected chi connectivity index (χ3v) is 17.0. The van der Waals surface area contributed by atoms with Crippen LogP contribution in [0.5, 0.6) is 0 Å². The molecule has 0 fully saturated rings. The van der Waals surface area contributed by atoms with Crippen molar-refractivity contribution in [1.82, 2.24) is 0 Å². The fourth-order valence-corrected chi connectivity index (χ4v) is 16.6. The third-order valence-electron chi connectivity index (χ3n) is 5.30. The zero-order chi connectivity index (χ0) is 18.1. The molecule has 0 spiro atoms. The molecule has 0 unspecified atom stereocenters. The molecule has 0 amide bonds. The molecule has 0 bridgehead atoms. The van der Waals surface area contributed by atoms with Crippen molar-refractivity contribution in [2.24, 2.45) is 0 Å². The second kappa shape index (κ2) is 7.12. The Hall–Kier alpha value is -2.14. The predicted molar refractivity (Wildman–Crippen MR) is 122 cm³/mol. The van der Waals surface area contributed by atoms with Crippen LogP contribution in [0.3, 0.4) is 0 Å². The molecule has 1 aliphatic heterocycles. The van der Waals surface area contributed by atoms with Crippen LogP contribution in [-0.4, -0.2) is 13.3 Å². The molecule has 0 saturated carbocycles. The van der Waals surface area contributed by atoms with Gasteiger partial charge < -0.3 is 0 Å². The molecule has 0 nitrogen and oxygen atoms in total. The summed E-state index contributed by atoms with van der Waals surface area (Å²) in [6, 6.07) is 27.0. The van der Waals surface area contributed by atoms with Gasteiger partial charge in [0.15, 0.2) is 0 Å². The van der Waals surface area contributed by atoms with Crippen LogP contribution in [0.2, 0.25) is 0 Å². The number of hydrogen-bond donors (Lipinski definition) is 0. The molecule has 1 aliphatic rings. The van der Waals surface area contributed by atoms with Crippen molar-refractivity contribution in [2.75, 3.05) is 0 Å². The molecule has 0 N–H and O–H groups in total. The summed E-state index contributed by atoms with van der Waals surface area (Å²) in [5, 5.41) is 9.01. The van der Waals surface area contributed by atoms with E-state index in [9.17, 15) is 0 Å². The van der Waals surface area contributed by atoms with Crippen LogP contribution in [0.1, 0.15) is 11.1 Å². The van der Waals surface area contributed by atoms with Crippen LogP contribution in [0, 0.1) is 0 Å². The maximum atomic E-state index is 2.40. The van der Waals surface area contributed by atoms with E-state index in [0.717, 1.165) is 0 Å². The van der Waals surface area contributed by atoms with E-state index in [2.05, 4.69) is 106 Å². The molecule has 130 valence electrons. The molecule has 27 heavy (non-hydrogen) atoms. The minimum atomic E-state index is -3.02. The van der Waals surface area contributed by atoms with Gasteiger partial charge in [0.2, 0.25) is 0 Å². The van der Waals surface area contributed by atoms with Crippen LogP contribution in [0.25, 0.3) is 8.81 Å². The monoisotopic (exact) mass is 444 g/mol. The van der Waals surface area contributed by atoms with Gasteiger partial charge in [-0.2, -0.15) is 0 Å². The van der Waals surface area contributed by atoms with Crippen molar-refractivity contribution in [3.63, 3.8) is 0 Å². The van der Waals surface area contributed by atoms with Gasteiger partial charge in [0.05, 0.1) is 0 Å². The summed E-state index contributed by atoms with van der Waals surface area (Å²) < 4.78 is 6.07. The van der Waals surface area contributed by atoms with E-state index in [0.29, 0.717) is 0 Å². The van der Waals surface area contributed by atoms with Crippen molar-refractivity contribution in [3.05, 3.63) is 118 Å². The van der Waals surface area contributed by atoms with Gasteiger partial charge in [0.25, 0.3) is 0 Å². The van der Waals surface area contributed by atoms with Gasteiger partial charge in [-0.1, -0.05) is 0 Å². The van der Waals surface area contributed by atoms with Crippen molar-refractivity contribution in [2.45, 2.75) is 0 Å². The predicted octanol–water partition coefficient (Wildman–Crippen LogP) is 5.63. The van der Waals surface area contributed by atoms with E-state index < -0.39 is 13.3 Å². The second-order valence-electron chi connectivity index (χ2n) is 6.67. The first-order chi connectivity index (χ1) is 13.4. The van der Waals surface area contributed by atoms with Crippen LogP contribution < -0.4 is 8.79 Å². The van der Waals surface area contributed by atoms with Crippen molar-refractivity contribution < 1.29 is 0 Å². The Labute approximate surface area is 170 Å². The van der Waals surface area contributed by atoms with E-state index >= 15 is 0 Å². The molecule has 3 heteroatoms. The van der Waals surface area contributed by atoms with Crippen LogP contribution >= 0.6 is 22.7 Å². The SMILES string of the molecule is C1=[C](c2ccsc2)[Ge]([c]2ccccc2)([c]2ccccc2)[C](c2ccsc2)=C1. The quantitative estimate of drug-likeness (QED) is 0.359. The molecule has 3 heterocycles. The molecule has 2 aromatic heterocycles. The summed E-state index contributed by atoms with van der Waals surface area (Å²) in [5.41, 5.74) is 2.77. The summed E-state index contributed by atoms with van der Waals surface area (Å²) in [5.74, 6) is 0. The Morgan fingerprint density at radius 3 is 1.33 bits per heavy atom. The molecule has 0 radical (unpaired) electrons. The van der Waals surface area contributed by atoms with Crippen molar-refractivity contribution in [1.29, 1.82) is 0 Å². The molecule has 0 saturated heterocycles. The van der Waals surface area contributed by atoms with E-state index in [4.69, 9.17) is 0 Å². The Kier molecular flexibility index (Phi) is 4.48. The Morgan fingerprint density at radius 1 is 0.519 bits per heavy atom. The first kappa shape index (κ1) is 17.0. The number of benzene rings is 2. The molecule has 5 rings (SSSR count). The van der Waals surface area contributed by atoms with Gasteiger partial charge in [0.1, 0.15) is 0 Å². The van der Waals surface area contributed by atoms with Crippen molar-refractivity contribution in [3.8, 4) is 0 Å². The molecule has 0 aliphatic carbocycles. The number of hydrogen-bond acceptors (Lipinski definition) is 2.